The van der Waals surface area contributed by atoms with Gasteiger partial charge in [0.05, 0.1) is 11.3 Å². The molecule has 2 aromatic heterocycles. The third-order valence-corrected chi connectivity index (χ3v) is 4.64. The molecule has 0 unspecified atom stereocenters. The number of aromatic nitrogens is 3. The SMILES string of the molecule is O=C(O)c1cnccc1Nc1nc(-c2cc(Cl)ccc2F)nc2c1CCC2. The summed E-state index contributed by atoms with van der Waals surface area (Å²) in [6.45, 7) is 0. The lowest BCUT2D eigenvalue weighted by atomic mass is 10.1. The number of nitrogens with zero attached hydrogens (tertiary/aromatic N) is 3. The number of benzene rings is 1. The molecule has 27 heavy (non-hydrogen) atoms. The van der Waals surface area contributed by atoms with Crippen molar-refractivity contribution >= 4 is 29.1 Å². The Morgan fingerprint density at radius 1 is 1.22 bits per heavy atom. The maximum atomic E-state index is 14.3. The van der Waals surface area contributed by atoms with Crippen molar-refractivity contribution in [1.82, 2.24) is 15.0 Å². The molecule has 0 aliphatic heterocycles. The van der Waals surface area contributed by atoms with Crippen molar-refractivity contribution in [2.24, 2.45) is 0 Å². The van der Waals surface area contributed by atoms with Gasteiger partial charge in [0.25, 0.3) is 0 Å². The van der Waals surface area contributed by atoms with Crippen LogP contribution in [-0.2, 0) is 12.8 Å². The fourth-order valence-corrected chi connectivity index (χ4v) is 3.30. The molecular formula is C19H14ClFN4O2. The highest BCUT2D eigenvalue weighted by Crippen LogP contribution is 2.33. The van der Waals surface area contributed by atoms with Crippen LogP contribution >= 0.6 is 11.6 Å². The largest absolute Gasteiger partial charge is 0.478 e. The number of carboxylic acid groups (broad SMARTS) is 1. The molecule has 3 aromatic rings. The predicted octanol–water partition coefficient (Wildman–Crippen LogP) is 4.26. The zero-order valence-corrected chi connectivity index (χ0v) is 14.8. The first-order chi connectivity index (χ1) is 13.0. The van der Waals surface area contributed by atoms with Gasteiger partial charge in [-0.25, -0.2) is 19.2 Å². The van der Waals surface area contributed by atoms with Gasteiger partial charge in [-0.3, -0.25) is 4.98 Å². The number of carboxylic acids is 1. The van der Waals surface area contributed by atoms with Crippen molar-refractivity contribution in [3.05, 3.63) is 64.3 Å². The summed E-state index contributed by atoms with van der Waals surface area (Å²) in [6.07, 6.45) is 5.19. The highest BCUT2D eigenvalue weighted by Gasteiger charge is 2.22. The number of anilines is 2. The number of hydrogen-bond acceptors (Lipinski definition) is 5. The fourth-order valence-electron chi connectivity index (χ4n) is 3.13. The van der Waals surface area contributed by atoms with Crippen molar-refractivity contribution in [3.8, 4) is 11.4 Å². The van der Waals surface area contributed by atoms with E-state index in [0.29, 0.717) is 16.5 Å². The summed E-state index contributed by atoms with van der Waals surface area (Å²) < 4.78 is 14.3. The van der Waals surface area contributed by atoms with Crippen molar-refractivity contribution in [1.29, 1.82) is 0 Å². The number of halogens is 2. The maximum absolute atomic E-state index is 14.3. The number of nitrogens with one attached hydrogen (secondary N) is 1. The van der Waals surface area contributed by atoms with Gasteiger partial charge < -0.3 is 10.4 Å². The molecule has 0 radical (unpaired) electrons. The average Bonchev–Trinajstić information content (AvgIpc) is 3.13. The average molecular weight is 385 g/mol. The van der Waals surface area contributed by atoms with Crippen molar-refractivity contribution in [3.63, 3.8) is 0 Å². The Balaban J connectivity index is 1.83. The maximum Gasteiger partial charge on any atom is 0.339 e. The van der Waals surface area contributed by atoms with E-state index in [0.717, 1.165) is 30.5 Å². The standard InChI is InChI=1S/C19H14ClFN4O2/c20-10-4-5-14(21)12(8-10)18-23-15-3-1-2-11(15)17(25-18)24-16-6-7-22-9-13(16)19(26)27/h4-9H,1-3H2,(H,26,27)(H,22,23,24,25). The summed E-state index contributed by atoms with van der Waals surface area (Å²) >= 11 is 6.00. The first-order valence-electron chi connectivity index (χ1n) is 8.32. The lowest BCUT2D eigenvalue weighted by Gasteiger charge is -2.14. The molecule has 0 spiro atoms. The number of fused-ring (bicyclic) bond motifs is 1. The van der Waals surface area contributed by atoms with Gasteiger partial charge in [-0.2, -0.15) is 0 Å². The van der Waals surface area contributed by atoms with E-state index in [4.69, 9.17) is 11.6 Å². The molecule has 0 fully saturated rings. The lowest BCUT2D eigenvalue weighted by molar-refractivity contribution is 0.0697. The first kappa shape index (κ1) is 17.4. The molecule has 1 aromatic carbocycles. The van der Waals surface area contributed by atoms with Crippen LogP contribution in [0.3, 0.4) is 0 Å². The molecule has 2 N–H and O–H groups in total. The Labute approximate surface area is 159 Å². The van der Waals surface area contributed by atoms with Crippen LogP contribution in [0.4, 0.5) is 15.9 Å². The molecule has 0 atom stereocenters. The summed E-state index contributed by atoms with van der Waals surface area (Å²) in [5.41, 5.74) is 2.33. The van der Waals surface area contributed by atoms with Crippen LogP contribution in [0.1, 0.15) is 28.0 Å². The summed E-state index contributed by atoms with van der Waals surface area (Å²) in [6, 6.07) is 5.77. The van der Waals surface area contributed by atoms with Crippen LogP contribution in [0.25, 0.3) is 11.4 Å². The quantitative estimate of drug-likeness (QED) is 0.698. The van der Waals surface area contributed by atoms with E-state index >= 15 is 0 Å². The Hall–Kier alpha value is -3.06. The van der Waals surface area contributed by atoms with Gasteiger partial charge in [-0.15, -0.1) is 0 Å². The van der Waals surface area contributed by atoms with Gasteiger partial charge in [0.1, 0.15) is 17.2 Å². The molecule has 0 amide bonds. The minimum Gasteiger partial charge on any atom is -0.478 e. The Morgan fingerprint density at radius 3 is 2.89 bits per heavy atom. The van der Waals surface area contributed by atoms with Gasteiger partial charge in [0.2, 0.25) is 0 Å². The zero-order chi connectivity index (χ0) is 19.0. The molecule has 6 nitrogen and oxygen atoms in total. The first-order valence-corrected chi connectivity index (χ1v) is 8.70. The summed E-state index contributed by atoms with van der Waals surface area (Å²) in [7, 11) is 0. The van der Waals surface area contributed by atoms with E-state index in [1.54, 1.807) is 6.07 Å². The van der Waals surface area contributed by atoms with Gasteiger partial charge in [0.15, 0.2) is 5.82 Å². The topological polar surface area (TPSA) is 88.0 Å². The molecule has 0 saturated heterocycles. The molecule has 4 rings (SSSR count). The Morgan fingerprint density at radius 2 is 2.07 bits per heavy atom. The third kappa shape index (κ3) is 3.33. The van der Waals surface area contributed by atoms with Crippen molar-refractivity contribution in [2.75, 3.05) is 5.32 Å². The van der Waals surface area contributed by atoms with Crippen LogP contribution in [0, 0.1) is 5.82 Å². The van der Waals surface area contributed by atoms with E-state index in [1.807, 2.05) is 0 Å². The lowest BCUT2D eigenvalue weighted by Crippen LogP contribution is -2.08. The van der Waals surface area contributed by atoms with Crippen molar-refractivity contribution in [2.45, 2.75) is 19.3 Å². The molecular weight excluding hydrogens is 371 g/mol. The van der Waals surface area contributed by atoms with E-state index in [1.165, 1.54) is 30.6 Å². The zero-order valence-electron chi connectivity index (χ0n) is 14.0. The molecule has 136 valence electrons. The molecule has 1 aliphatic rings. The second-order valence-corrected chi connectivity index (χ2v) is 6.59. The van der Waals surface area contributed by atoms with Crippen LogP contribution < -0.4 is 5.32 Å². The third-order valence-electron chi connectivity index (χ3n) is 4.41. The highest BCUT2D eigenvalue weighted by molar-refractivity contribution is 6.30. The highest BCUT2D eigenvalue weighted by atomic mass is 35.5. The van der Waals surface area contributed by atoms with E-state index < -0.39 is 11.8 Å². The van der Waals surface area contributed by atoms with Crippen LogP contribution in [0.15, 0.2) is 36.7 Å². The fraction of sp³-hybridized carbons (Fsp3) is 0.158. The number of aromatic carboxylic acids is 1. The minimum absolute atomic E-state index is 0.0262. The predicted molar refractivity (Wildman–Crippen MR) is 98.9 cm³/mol. The second kappa shape index (κ2) is 6.92. The van der Waals surface area contributed by atoms with Gasteiger partial charge in [-0.05, 0) is 43.5 Å². The number of hydrogen-bond donors (Lipinski definition) is 2. The van der Waals surface area contributed by atoms with Crippen molar-refractivity contribution < 1.29 is 14.3 Å². The minimum atomic E-state index is -1.10. The molecule has 1 aliphatic carbocycles. The summed E-state index contributed by atoms with van der Waals surface area (Å²) in [5.74, 6) is -0.888. The number of rotatable bonds is 4. The molecule has 2 heterocycles. The summed E-state index contributed by atoms with van der Waals surface area (Å²) in [4.78, 5) is 24.3. The van der Waals surface area contributed by atoms with Gasteiger partial charge in [-0.1, -0.05) is 11.6 Å². The van der Waals surface area contributed by atoms with Crippen LogP contribution in [0.2, 0.25) is 5.02 Å². The Bertz CT molecular complexity index is 1060. The van der Waals surface area contributed by atoms with Gasteiger partial charge >= 0.3 is 5.97 Å². The second-order valence-electron chi connectivity index (χ2n) is 6.15. The van der Waals surface area contributed by atoms with E-state index in [2.05, 4.69) is 20.3 Å². The van der Waals surface area contributed by atoms with Crippen LogP contribution in [0.5, 0.6) is 0 Å². The smallest absolute Gasteiger partial charge is 0.339 e. The normalized spacial score (nSPS) is 12.7. The number of pyridine rings is 1. The number of carbonyl (C=O) groups is 1. The molecule has 0 saturated carbocycles. The van der Waals surface area contributed by atoms with Crippen LogP contribution in [-0.4, -0.2) is 26.0 Å². The van der Waals surface area contributed by atoms with E-state index in [-0.39, 0.29) is 17.0 Å². The monoisotopic (exact) mass is 384 g/mol. The number of aryl methyl sites for hydroxylation is 1. The summed E-state index contributed by atoms with van der Waals surface area (Å²) in [5, 5.41) is 12.8. The molecule has 8 heteroatoms. The van der Waals surface area contributed by atoms with Gasteiger partial charge in [0, 0.05) is 28.7 Å². The Kier molecular flexibility index (Phi) is 4.45. The molecule has 0 bridgehead atoms. The van der Waals surface area contributed by atoms with E-state index in [9.17, 15) is 14.3 Å².